The summed E-state index contributed by atoms with van der Waals surface area (Å²) < 4.78 is 1.89. The standard InChI is InChI=1S/C18H22N6S.HI/c1-2-20-18(22-8-6-16-4-3-11-25-16)23-13-15-5-7-21-17(12-15)24-10-9-19-14-24;/h3-5,7,9-12,14H,2,6,8,13H2,1H3,(H2,20,22,23);1H. The van der Waals surface area contributed by atoms with Gasteiger partial charge in [-0.15, -0.1) is 35.3 Å². The molecular formula is C18H23IN6S. The number of guanidine groups is 1. The predicted octanol–water partition coefficient (Wildman–Crippen LogP) is 3.24. The molecule has 0 atom stereocenters. The van der Waals surface area contributed by atoms with Crippen LogP contribution in [0.25, 0.3) is 5.82 Å². The fourth-order valence-corrected chi connectivity index (χ4v) is 3.07. The van der Waals surface area contributed by atoms with Crippen LogP contribution in [0.4, 0.5) is 0 Å². The highest BCUT2D eigenvalue weighted by molar-refractivity contribution is 14.0. The Bertz CT molecular complexity index is 786. The van der Waals surface area contributed by atoms with Crippen molar-refractivity contribution in [3.63, 3.8) is 0 Å². The normalized spacial score (nSPS) is 11.0. The maximum Gasteiger partial charge on any atom is 0.191 e. The molecule has 6 nitrogen and oxygen atoms in total. The molecule has 8 heteroatoms. The Morgan fingerprint density at radius 1 is 1.27 bits per heavy atom. The summed E-state index contributed by atoms with van der Waals surface area (Å²) in [5.41, 5.74) is 1.11. The van der Waals surface area contributed by atoms with Gasteiger partial charge >= 0.3 is 0 Å². The molecule has 0 amide bonds. The van der Waals surface area contributed by atoms with Crippen molar-refractivity contribution in [2.24, 2.45) is 4.99 Å². The second kappa shape index (κ2) is 10.9. The van der Waals surface area contributed by atoms with Crippen LogP contribution >= 0.6 is 35.3 Å². The molecule has 26 heavy (non-hydrogen) atoms. The van der Waals surface area contributed by atoms with E-state index in [9.17, 15) is 0 Å². The van der Waals surface area contributed by atoms with Crippen molar-refractivity contribution < 1.29 is 0 Å². The van der Waals surface area contributed by atoms with E-state index in [4.69, 9.17) is 0 Å². The summed E-state index contributed by atoms with van der Waals surface area (Å²) in [4.78, 5) is 14.5. The molecule has 0 aromatic carbocycles. The van der Waals surface area contributed by atoms with Crippen LogP contribution in [0.15, 0.2) is 59.6 Å². The summed E-state index contributed by atoms with van der Waals surface area (Å²) in [6, 6.07) is 8.26. The number of rotatable bonds is 7. The number of halogens is 1. The summed E-state index contributed by atoms with van der Waals surface area (Å²) >= 11 is 1.78. The average molecular weight is 482 g/mol. The lowest BCUT2D eigenvalue weighted by molar-refractivity contribution is 0.804. The molecule has 0 aliphatic rings. The van der Waals surface area contributed by atoms with Crippen LogP contribution in [0.2, 0.25) is 0 Å². The van der Waals surface area contributed by atoms with Gasteiger partial charge < -0.3 is 10.6 Å². The zero-order valence-corrected chi connectivity index (χ0v) is 17.8. The van der Waals surface area contributed by atoms with Crippen LogP contribution in [0.1, 0.15) is 17.4 Å². The molecule has 3 aromatic heterocycles. The van der Waals surface area contributed by atoms with E-state index >= 15 is 0 Å². The van der Waals surface area contributed by atoms with Crippen molar-refractivity contribution >= 4 is 41.3 Å². The number of imidazole rings is 1. The van der Waals surface area contributed by atoms with Gasteiger partial charge in [0.25, 0.3) is 0 Å². The quantitative estimate of drug-likeness (QED) is 0.308. The highest BCUT2D eigenvalue weighted by Gasteiger charge is 2.01. The van der Waals surface area contributed by atoms with Gasteiger partial charge in [0.05, 0.1) is 6.54 Å². The first-order chi connectivity index (χ1) is 12.3. The lowest BCUT2D eigenvalue weighted by atomic mass is 10.2. The minimum absolute atomic E-state index is 0. The number of aliphatic imine (C=N–C) groups is 1. The largest absolute Gasteiger partial charge is 0.357 e. The Hall–Kier alpha value is -1.94. The molecular weight excluding hydrogens is 459 g/mol. The van der Waals surface area contributed by atoms with Gasteiger partial charge in [0.15, 0.2) is 5.96 Å². The van der Waals surface area contributed by atoms with Gasteiger partial charge in [0.1, 0.15) is 12.1 Å². The molecule has 0 saturated carbocycles. The van der Waals surface area contributed by atoms with Crippen molar-refractivity contribution in [2.45, 2.75) is 19.9 Å². The molecule has 0 bridgehead atoms. The molecule has 0 fully saturated rings. The van der Waals surface area contributed by atoms with E-state index in [1.54, 1.807) is 30.1 Å². The van der Waals surface area contributed by atoms with Crippen LogP contribution < -0.4 is 10.6 Å². The third-order valence-corrected chi connectivity index (χ3v) is 4.52. The Kier molecular flexibility index (Phi) is 8.56. The molecule has 0 saturated heterocycles. The molecule has 0 spiro atoms. The first kappa shape index (κ1) is 20.4. The van der Waals surface area contributed by atoms with Crippen LogP contribution in [-0.2, 0) is 13.0 Å². The Balaban J connectivity index is 0.00000243. The van der Waals surface area contributed by atoms with Gasteiger partial charge in [-0.3, -0.25) is 4.57 Å². The molecule has 0 unspecified atom stereocenters. The van der Waals surface area contributed by atoms with Crippen molar-refractivity contribution in [2.75, 3.05) is 13.1 Å². The van der Waals surface area contributed by atoms with E-state index in [0.29, 0.717) is 6.54 Å². The summed E-state index contributed by atoms with van der Waals surface area (Å²) in [6.07, 6.45) is 8.17. The topological polar surface area (TPSA) is 67.1 Å². The van der Waals surface area contributed by atoms with Crippen molar-refractivity contribution in [1.29, 1.82) is 0 Å². The summed E-state index contributed by atoms with van der Waals surface area (Å²) in [5.74, 6) is 1.68. The number of nitrogens with zero attached hydrogens (tertiary/aromatic N) is 4. The Morgan fingerprint density at radius 3 is 2.92 bits per heavy atom. The van der Waals surface area contributed by atoms with E-state index in [2.05, 4.69) is 50.0 Å². The molecule has 3 rings (SSSR count). The van der Waals surface area contributed by atoms with E-state index in [0.717, 1.165) is 36.9 Å². The Labute approximate surface area is 174 Å². The summed E-state index contributed by atoms with van der Waals surface area (Å²) in [6.45, 7) is 4.36. The summed E-state index contributed by atoms with van der Waals surface area (Å²) in [5, 5.41) is 8.78. The van der Waals surface area contributed by atoms with Crippen molar-refractivity contribution in [1.82, 2.24) is 25.2 Å². The molecule has 0 aliphatic carbocycles. The summed E-state index contributed by atoms with van der Waals surface area (Å²) in [7, 11) is 0. The molecule has 3 heterocycles. The first-order valence-electron chi connectivity index (χ1n) is 8.33. The maximum atomic E-state index is 4.67. The smallest absolute Gasteiger partial charge is 0.191 e. The fraction of sp³-hybridized carbons (Fsp3) is 0.278. The highest BCUT2D eigenvalue weighted by Crippen LogP contribution is 2.09. The van der Waals surface area contributed by atoms with Gasteiger partial charge in [-0.05, 0) is 42.5 Å². The zero-order valence-electron chi connectivity index (χ0n) is 14.6. The van der Waals surface area contributed by atoms with E-state index in [1.807, 2.05) is 22.9 Å². The zero-order chi connectivity index (χ0) is 17.3. The number of nitrogens with one attached hydrogen (secondary N) is 2. The van der Waals surface area contributed by atoms with E-state index < -0.39 is 0 Å². The third kappa shape index (κ3) is 6.10. The average Bonchev–Trinajstić information content (AvgIpc) is 3.34. The molecule has 0 radical (unpaired) electrons. The number of thiophene rings is 1. The van der Waals surface area contributed by atoms with Gasteiger partial charge in [-0.1, -0.05) is 6.07 Å². The van der Waals surface area contributed by atoms with Crippen LogP contribution in [0.5, 0.6) is 0 Å². The predicted molar refractivity (Wildman–Crippen MR) is 118 cm³/mol. The lowest BCUT2D eigenvalue weighted by Gasteiger charge is -2.11. The third-order valence-electron chi connectivity index (χ3n) is 3.59. The number of aromatic nitrogens is 3. The van der Waals surface area contributed by atoms with Crippen LogP contribution in [0.3, 0.4) is 0 Å². The maximum absolute atomic E-state index is 4.67. The monoisotopic (exact) mass is 482 g/mol. The SMILES string of the molecule is CCNC(=NCc1ccnc(-n2ccnc2)c1)NCCc1cccs1.I. The minimum atomic E-state index is 0. The minimum Gasteiger partial charge on any atom is -0.357 e. The number of pyridine rings is 1. The van der Waals surface area contributed by atoms with Crippen LogP contribution in [0, 0.1) is 0 Å². The first-order valence-corrected chi connectivity index (χ1v) is 9.21. The van der Waals surface area contributed by atoms with Gasteiger partial charge in [0.2, 0.25) is 0 Å². The molecule has 2 N–H and O–H groups in total. The Morgan fingerprint density at radius 2 is 2.19 bits per heavy atom. The van der Waals surface area contributed by atoms with Gasteiger partial charge in [-0.25, -0.2) is 15.0 Å². The highest BCUT2D eigenvalue weighted by atomic mass is 127. The molecule has 3 aromatic rings. The number of hydrogen-bond donors (Lipinski definition) is 2. The lowest BCUT2D eigenvalue weighted by Crippen LogP contribution is -2.38. The van der Waals surface area contributed by atoms with E-state index in [1.165, 1.54) is 4.88 Å². The van der Waals surface area contributed by atoms with Crippen molar-refractivity contribution in [3.8, 4) is 5.82 Å². The van der Waals surface area contributed by atoms with Crippen molar-refractivity contribution in [3.05, 3.63) is 65.0 Å². The molecule has 138 valence electrons. The van der Waals surface area contributed by atoms with Gasteiger partial charge in [-0.2, -0.15) is 0 Å². The fourth-order valence-electron chi connectivity index (χ4n) is 2.37. The van der Waals surface area contributed by atoms with E-state index in [-0.39, 0.29) is 24.0 Å². The number of hydrogen-bond acceptors (Lipinski definition) is 4. The second-order valence-corrected chi connectivity index (χ2v) is 6.48. The van der Waals surface area contributed by atoms with Gasteiger partial charge in [0, 0.05) is 36.6 Å². The molecule has 0 aliphatic heterocycles. The van der Waals surface area contributed by atoms with Crippen LogP contribution in [-0.4, -0.2) is 33.6 Å². The second-order valence-electron chi connectivity index (χ2n) is 5.44.